The lowest BCUT2D eigenvalue weighted by Crippen LogP contribution is -2.03. The van der Waals surface area contributed by atoms with Gasteiger partial charge in [-0.1, -0.05) is 41.9 Å². The van der Waals surface area contributed by atoms with Crippen LogP contribution in [0.3, 0.4) is 0 Å². The highest BCUT2D eigenvalue weighted by atomic mass is 35.5. The summed E-state index contributed by atoms with van der Waals surface area (Å²) in [6.45, 7) is 0. The van der Waals surface area contributed by atoms with E-state index < -0.39 is 0 Å². The topological polar surface area (TPSA) is 29.5 Å². The van der Waals surface area contributed by atoms with E-state index in [2.05, 4.69) is 12.1 Å². The summed E-state index contributed by atoms with van der Waals surface area (Å²) in [5.74, 6) is 0.544. The molecule has 17 heavy (non-hydrogen) atoms. The lowest BCUT2D eigenvalue weighted by atomic mass is 10.1. The number of halogens is 1. The maximum Gasteiger partial charge on any atom is 0.569 e. The number of hydrogen-bond donors (Lipinski definition) is 1. The first kappa shape index (κ1) is 10.7. The van der Waals surface area contributed by atoms with Gasteiger partial charge in [-0.2, -0.15) is 0 Å². The smallest absolute Gasteiger partial charge is 0.536 e. The van der Waals surface area contributed by atoms with E-state index in [0.717, 1.165) is 17.5 Å². The van der Waals surface area contributed by atoms with Crippen LogP contribution in [0.1, 0.15) is 11.1 Å². The third-order valence-electron chi connectivity index (χ3n) is 3.06. The van der Waals surface area contributed by atoms with Gasteiger partial charge in [0, 0.05) is 12.0 Å². The maximum absolute atomic E-state index is 8.79. The normalized spacial score (nSPS) is 11.9. The van der Waals surface area contributed by atoms with E-state index >= 15 is 0 Å². The number of rotatable bonds is 2. The summed E-state index contributed by atoms with van der Waals surface area (Å²) in [5.41, 5.74) is 4.63. The fourth-order valence-electron chi connectivity index (χ4n) is 2.33. The third kappa shape index (κ3) is 1.63. The first-order chi connectivity index (χ1) is 8.31. The number of hydrogen-bond acceptors (Lipinski definition) is 2. The Morgan fingerprint density at radius 2 is 1.94 bits per heavy atom. The van der Waals surface area contributed by atoms with Crippen molar-refractivity contribution < 1.29 is 9.68 Å². The zero-order valence-electron chi connectivity index (χ0n) is 8.98. The van der Waals surface area contributed by atoms with Crippen molar-refractivity contribution in [2.45, 2.75) is 6.42 Å². The van der Waals surface area contributed by atoms with Crippen LogP contribution in [0.4, 0.5) is 0 Å². The Morgan fingerprint density at radius 1 is 1.12 bits per heavy atom. The molecule has 0 aliphatic heterocycles. The molecule has 0 saturated carbocycles. The molecular weight excluding hydrogens is 234 g/mol. The van der Waals surface area contributed by atoms with Gasteiger partial charge in [-0.3, -0.25) is 0 Å². The Balaban J connectivity index is 2.20. The lowest BCUT2D eigenvalue weighted by molar-refractivity contribution is 0.451. The van der Waals surface area contributed by atoms with Gasteiger partial charge >= 0.3 is 7.69 Å². The molecule has 0 fully saturated rings. The molecule has 2 aromatic rings. The van der Waals surface area contributed by atoms with Crippen molar-refractivity contribution in [2.75, 3.05) is 0 Å². The summed E-state index contributed by atoms with van der Waals surface area (Å²) in [4.78, 5) is 0. The van der Waals surface area contributed by atoms with Gasteiger partial charge in [0.05, 0.1) is 5.02 Å². The van der Waals surface area contributed by atoms with Crippen LogP contribution < -0.4 is 4.65 Å². The summed E-state index contributed by atoms with van der Waals surface area (Å²) >= 11 is 6.07. The molecule has 0 bridgehead atoms. The standard InChI is InChI=1S/C13H9BClO2/c15-12-6-5-10-9-4-2-1-3-8(9)7-11(10)13(12)17-14-16/h1-6,16H,7H2. The molecule has 0 unspecified atom stereocenters. The van der Waals surface area contributed by atoms with Crippen LogP contribution in [0.15, 0.2) is 36.4 Å². The van der Waals surface area contributed by atoms with Crippen LogP contribution in [-0.2, 0) is 6.42 Å². The minimum Gasteiger partial charge on any atom is -0.536 e. The second-order valence-corrected chi connectivity index (χ2v) is 4.37. The monoisotopic (exact) mass is 243 g/mol. The van der Waals surface area contributed by atoms with E-state index in [1.807, 2.05) is 18.2 Å². The van der Waals surface area contributed by atoms with E-state index in [-0.39, 0.29) is 0 Å². The summed E-state index contributed by atoms with van der Waals surface area (Å²) in [5, 5.41) is 9.30. The van der Waals surface area contributed by atoms with E-state index in [1.54, 1.807) is 6.07 Å². The SMILES string of the molecule is O[B]Oc1c(Cl)ccc2c1Cc1ccccc1-2. The second kappa shape index (κ2) is 4.10. The highest BCUT2D eigenvalue weighted by Gasteiger charge is 2.23. The first-order valence-corrected chi connectivity index (χ1v) is 5.71. The molecule has 1 N–H and O–H groups in total. The van der Waals surface area contributed by atoms with Crippen LogP contribution in [0.2, 0.25) is 5.02 Å². The molecule has 3 rings (SSSR count). The molecule has 0 heterocycles. The first-order valence-electron chi connectivity index (χ1n) is 5.33. The Hall–Kier alpha value is -1.45. The zero-order valence-corrected chi connectivity index (χ0v) is 9.74. The van der Waals surface area contributed by atoms with E-state index in [1.165, 1.54) is 11.1 Å². The zero-order chi connectivity index (χ0) is 11.8. The van der Waals surface area contributed by atoms with Gasteiger partial charge in [0.1, 0.15) is 5.75 Å². The van der Waals surface area contributed by atoms with Gasteiger partial charge in [0.2, 0.25) is 0 Å². The Kier molecular flexibility index (Phi) is 2.58. The molecular formula is C13H9BClO2. The van der Waals surface area contributed by atoms with Crippen LogP contribution in [-0.4, -0.2) is 12.7 Å². The molecule has 1 radical (unpaired) electrons. The van der Waals surface area contributed by atoms with E-state index in [9.17, 15) is 0 Å². The minimum absolute atomic E-state index is 0.516. The lowest BCUT2D eigenvalue weighted by Gasteiger charge is -2.10. The number of fused-ring (bicyclic) bond motifs is 3. The molecule has 0 saturated heterocycles. The van der Waals surface area contributed by atoms with Gasteiger partial charge in [0.25, 0.3) is 0 Å². The molecule has 83 valence electrons. The molecule has 1 aliphatic rings. The van der Waals surface area contributed by atoms with Crippen molar-refractivity contribution in [3.8, 4) is 16.9 Å². The largest absolute Gasteiger partial charge is 0.569 e. The fraction of sp³-hybridized carbons (Fsp3) is 0.0769. The van der Waals surface area contributed by atoms with Crippen molar-refractivity contribution in [1.82, 2.24) is 0 Å². The van der Waals surface area contributed by atoms with Gasteiger partial charge in [0.15, 0.2) is 0 Å². The third-order valence-corrected chi connectivity index (χ3v) is 3.36. The molecule has 0 spiro atoms. The van der Waals surface area contributed by atoms with Crippen LogP contribution in [0.25, 0.3) is 11.1 Å². The Morgan fingerprint density at radius 3 is 2.76 bits per heavy atom. The summed E-state index contributed by atoms with van der Waals surface area (Å²) in [6.07, 6.45) is 0.787. The highest BCUT2D eigenvalue weighted by Crippen LogP contribution is 2.43. The number of benzene rings is 2. The highest BCUT2D eigenvalue weighted by molar-refractivity contribution is 6.33. The molecule has 0 atom stereocenters. The van der Waals surface area contributed by atoms with Crippen molar-refractivity contribution in [3.05, 3.63) is 52.5 Å². The quantitative estimate of drug-likeness (QED) is 0.701. The van der Waals surface area contributed by atoms with Crippen molar-refractivity contribution >= 4 is 19.3 Å². The average Bonchev–Trinajstić information content (AvgIpc) is 2.72. The van der Waals surface area contributed by atoms with Crippen LogP contribution in [0, 0.1) is 0 Å². The predicted molar refractivity (Wildman–Crippen MR) is 68.3 cm³/mol. The van der Waals surface area contributed by atoms with Crippen molar-refractivity contribution in [1.29, 1.82) is 0 Å². The van der Waals surface area contributed by atoms with Crippen molar-refractivity contribution in [2.24, 2.45) is 0 Å². The maximum atomic E-state index is 8.79. The van der Waals surface area contributed by atoms with Crippen molar-refractivity contribution in [3.63, 3.8) is 0 Å². The average molecular weight is 243 g/mol. The Bertz CT molecular complexity index is 584. The van der Waals surface area contributed by atoms with E-state index in [4.69, 9.17) is 21.3 Å². The molecule has 4 heteroatoms. The molecule has 2 aromatic carbocycles. The van der Waals surface area contributed by atoms with Gasteiger partial charge in [-0.25, -0.2) is 0 Å². The Labute approximate surface area is 105 Å². The molecule has 0 aromatic heterocycles. The van der Waals surface area contributed by atoms with Crippen LogP contribution >= 0.6 is 11.6 Å². The summed E-state index contributed by atoms with van der Waals surface area (Å²) < 4.78 is 5.11. The van der Waals surface area contributed by atoms with Gasteiger partial charge in [-0.15, -0.1) is 0 Å². The minimum atomic E-state index is 0.516. The second-order valence-electron chi connectivity index (χ2n) is 3.96. The molecule has 1 aliphatic carbocycles. The molecule has 2 nitrogen and oxygen atoms in total. The summed E-state index contributed by atoms with van der Waals surface area (Å²) in [6, 6.07) is 12.0. The predicted octanol–water partition coefficient (Wildman–Crippen LogP) is 2.82. The van der Waals surface area contributed by atoms with Gasteiger partial charge < -0.3 is 9.68 Å². The fourth-order valence-corrected chi connectivity index (χ4v) is 2.56. The molecule has 0 amide bonds. The van der Waals surface area contributed by atoms with Gasteiger partial charge in [-0.05, 0) is 22.8 Å². The summed E-state index contributed by atoms with van der Waals surface area (Å²) in [7, 11) is 0.671. The van der Waals surface area contributed by atoms with Crippen LogP contribution in [0.5, 0.6) is 5.75 Å². The van der Waals surface area contributed by atoms with E-state index in [0.29, 0.717) is 18.5 Å².